The van der Waals surface area contributed by atoms with E-state index >= 15 is 0 Å². The topological polar surface area (TPSA) is 0 Å². The van der Waals surface area contributed by atoms with Crippen LogP contribution in [-0.2, 0) is 6.42 Å². The maximum absolute atomic E-state index is 6.00. The minimum Gasteiger partial charge on any atom is -0.126 e. The van der Waals surface area contributed by atoms with E-state index in [1.54, 1.807) is 6.07 Å². The smallest absolute Gasteiger partial charge is 0.0455 e. The lowest BCUT2D eigenvalue weighted by Gasteiger charge is -2.00. The molecule has 0 aliphatic heterocycles. The number of benzene rings is 1. The first-order chi connectivity index (χ1) is 6.74. The van der Waals surface area contributed by atoms with Crippen LogP contribution in [0, 0.1) is 0 Å². The lowest BCUT2D eigenvalue weighted by Crippen LogP contribution is -1.82. The molecule has 1 aromatic rings. The van der Waals surface area contributed by atoms with E-state index in [0.717, 1.165) is 18.4 Å². The third kappa shape index (κ3) is 3.91. The van der Waals surface area contributed by atoms with Gasteiger partial charge in [-0.05, 0) is 30.5 Å². The van der Waals surface area contributed by atoms with Crippen molar-refractivity contribution >= 4 is 34.8 Å². The van der Waals surface area contributed by atoms with Gasteiger partial charge in [-0.2, -0.15) is 0 Å². The van der Waals surface area contributed by atoms with Crippen LogP contribution in [0.2, 0.25) is 10.0 Å². The molecule has 76 valence electrons. The van der Waals surface area contributed by atoms with Gasteiger partial charge in [-0.3, -0.25) is 0 Å². The summed E-state index contributed by atoms with van der Waals surface area (Å²) >= 11 is 17.3. The van der Waals surface area contributed by atoms with Gasteiger partial charge in [0.05, 0.1) is 0 Å². The van der Waals surface area contributed by atoms with E-state index in [9.17, 15) is 0 Å². The summed E-state index contributed by atoms with van der Waals surface area (Å²) in [6.45, 7) is 0. The molecule has 0 bridgehead atoms. The lowest BCUT2D eigenvalue weighted by molar-refractivity contribution is 1.18. The second-order valence-electron chi connectivity index (χ2n) is 2.89. The van der Waals surface area contributed by atoms with Gasteiger partial charge in [0.15, 0.2) is 0 Å². The van der Waals surface area contributed by atoms with Gasteiger partial charge in [-0.15, -0.1) is 11.6 Å². The number of halogens is 3. The Kier molecular flexibility index (Phi) is 5.39. The standard InChI is InChI=1S/C11H11Cl3/c12-7-3-1-2-4-9-5-6-10(13)8-11(9)14/h1-2,5-6,8H,3-4,7H2. The quantitative estimate of drug-likeness (QED) is 0.535. The number of hydrogen-bond acceptors (Lipinski definition) is 0. The Morgan fingerprint density at radius 1 is 1.14 bits per heavy atom. The summed E-state index contributed by atoms with van der Waals surface area (Å²) in [6.07, 6.45) is 5.84. The second-order valence-corrected chi connectivity index (χ2v) is 4.11. The first kappa shape index (κ1) is 11.9. The van der Waals surface area contributed by atoms with Crippen molar-refractivity contribution in [3.8, 4) is 0 Å². The third-order valence-corrected chi connectivity index (χ3v) is 2.60. The molecule has 0 aliphatic carbocycles. The van der Waals surface area contributed by atoms with E-state index in [1.807, 2.05) is 12.1 Å². The monoisotopic (exact) mass is 248 g/mol. The molecule has 14 heavy (non-hydrogen) atoms. The zero-order valence-corrected chi connectivity index (χ0v) is 9.91. The van der Waals surface area contributed by atoms with Gasteiger partial charge in [0.25, 0.3) is 0 Å². The van der Waals surface area contributed by atoms with E-state index in [2.05, 4.69) is 12.2 Å². The summed E-state index contributed by atoms with van der Waals surface area (Å²) in [5, 5.41) is 1.39. The van der Waals surface area contributed by atoms with Gasteiger partial charge in [0.1, 0.15) is 0 Å². The minimum atomic E-state index is 0.658. The van der Waals surface area contributed by atoms with Crippen LogP contribution in [0.3, 0.4) is 0 Å². The van der Waals surface area contributed by atoms with Crippen molar-refractivity contribution < 1.29 is 0 Å². The number of rotatable bonds is 4. The normalized spacial score (nSPS) is 11.1. The van der Waals surface area contributed by atoms with Gasteiger partial charge in [-0.1, -0.05) is 41.4 Å². The molecule has 0 amide bonds. The summed E-state index contributed by atoms with van der Waals surface area (Å²) in [7, 11) is 0. The summed E-state index contributed by atoms with van der Waals surface area (Å²) < 4.78 is 0. The highest BCUT2D eigenvalue weighted by atomic mass is 35.5. The Hall–Kier alpha value is -0.170. The largest absolute Gasteiger partial charge is 0.126 e. The molecule has 0 aromatic heterocycles. The molecule has 3 heteroatoms. The zero-order chi connectivity index (χ0) is 10.4. The molecule has 0 N–H and O–H groups in total. The fourth-order valence-corrected chi connectivity index (χ4v) is 1.69. The average molecular weight is 250 g/mol. The highest BCUT2D eigenvalue weighted by molar-refractivity contribution is 6.35. The van der Waals surface area contributed by atoms with E-state index in [4.69, 9.17) is 34.8 Å². The molecule has 0 nitrogen and oxygen atoms in total. The van der Waals surface area contributed by atoms with E-state index in [1.165, 1.54) is 0 Å². The van der Waals surface area contributed by atoms with E-state index in [-0.39, 0.29) is 0 Å². The molecule has 0 saturated heterocycles. The third-order valence-electron chi connectivity index (χ3n) is 1.80. The van der Waals surface area contributed by atoms with Gasteiger partial charge in [0.2, 0.25) is 0 Å². The molecule has 1 rings (SSSR count). The van der Waals surface area contributed by atoms with Crippen LogP contribution in [0.25, 0.3) is 0 Å². The van der Waals surface area contributed by atoms with Gasteiger partial charge in [0, 0.05) is 15.9 Å². The van der Waals surface area contributed by atoms with E-state index in [0.29, 0.717) is 15.9 Å². The zero-order valence-electron chi connectivity index (χ0n) is 7.64. The molecule has 0 fully saturated rings. The van der Waals surface area contributed by atoms with Crippen LogP contribution in [0.5, 0.6) is 0 Å². The molecule has 0 saturated carbocycles. The maximum atomic E-state index is 6.00. The summed E-state index contributed by atoms with van der Waals surface area (Å²) in [5.41, 5.74) is 1.09. The first-order valence-corrected chi connectivity index (χ1v) is 5.68. The lowest BCUT2D eigenvalue weighted by atomic mass is 10.1. The summed E-state index contributed by atoms with van der Waals surface area (Å²) in [6, 6.07) is 5.54. The van der Waals surface area contributed by atoms with Crippen LogP contribution in [0.1, 0.15) is 12.0 Å². The van der Waals surface area contributed by atoms with Crippen molar-refractivity contribution in [2.24, 2.45) is 0 Å². The minimum absolute atomic E-state index is 0.658. The fourth-order valence-electron chi connectivity index (χ4n) is 1.08. The highest BCUT2D eigenvalue weighted by Gasteiger charge is 1.98. The van der Waals surface area contributed by atoms with Crippen LogP contribution >= 0.6 is 34.8 Å². The molecule has 0 spiro atoms. The molecule has 0 heterocycles. The first-order valence-electron chi connectivity index (χ1n) is 4.39. The Morgan fingerprint density at radius 3 is 2.57 bits per heavy atom. The van der Waals surface area contributed by atoms with Crippen molar-refractivity contribution in [2.45, 2.75) is 12.8 Å². The molecule has 1 aromatic carbocycles. The SMILES string of the molecule is ClCCC=CCc1ccc(Cl)cc1Cl. The number of hydrogen-bond donors (Lipinski definition) is 0. The van der Waals surface area contributed by atoms with Crippen LogP contribution in [0.4, 0.5) is 0 Å². The van der Waals surface area contributed by atoms with Crippen molar-refractivity contribution in [1.29, 1.82) is 0 Å². The molecule has 0 radical (unpaired) electrons. The van der Waals surface area contributed by atoms with Crippen molar-refractivity contribution in [3.05, 3.63) is 46.0 Å². The predicted molar refractivity (Wildman–Crippen MR) is 64.6 cm³/mol. The summed E-state index contributed by atoms with van der Waals surface area (Å²) in [4.78, 5) is 0. The molecule has 0 atom stereocenters. The fraction of sp³-hybridized carbons (Fsp3) is 0.273. The summed E-state index contributed by atoms with van der Waals surface area (Å²) in [5.74, 6) is 0.658. The molecule has 0 aliphatic rings. The Morgan fingerprint density at radius 2 is 1.93 bits per heavy atom. The number of alkyl halides is 1. The highest BCUT2D eigenvalue weighted by Crippen LogP contribution is 2.21. The van der Waals surface area contributed by atoms with Gasteiger partial charge >= 0.3 is 0 Å². The van der Waals surface area contributed by atoms with Crippen molar-refractivity contribution in [2.75, 3.05) is 5.88 Å². The molecular weight excluding hydrogens is 238 g/mol. The maximum Gasteiger partial charge on any atom is 0.0455 e. The van der Waals surface area contributed by atoms with Crippen molar-refractivity contribution in [1.82, 2.24) is 0 Å². The van der Waals surface area contributed by atoms with Gasteiger partial charge in [-0.25, -0.2) is 0 Å². The Labute approximate surface area is 99.5 Å². The van der Waals surface area contributed by atoms with Crippen molar-refractivity contribution in [3.63, 3.8) is 0 Å². The van der Waals surface area contributed by atoms with Crippen LogP contribution in [-0.4, -0.2) is 5.88 Å². The van der Waals surface area contributed by atoms with E-state index < -0.39 is 0 Å². The van der Waals surface area contributed by atoms with Gasteiger partial charge < -0.3 is 0 Å². The second kappa shape index (κ2) is 6.34. The van der Waals surface area contributed by atoms with Crippen LogP contribution in [0.15, 0.2) is 30.4 Å². The predicted octanol–water partition coefficient (Wildman–Crippen LogP) is 4.72. The molecule has 0 unspecified atom stereocenters. The Bertz CT molecular complexity index is 318. The number of allylic oxidation sites excluding steroid dienone is 2. The average Bonchev–Trinajstić information content (AvgIpc) is 2.15. The van der Waals surface area contributed by atoms with Crippen LogP contribution < -0.4 is 0 Å². The Balaban J connectivity index is 2.59. The molecular formula is C11H11Cl3.